The fourth-order valence-electron chi connectivity index (χ4n) is 3.06. The van der Waals surface area contributed by atoms with Crippen molar-refractivity contribution < 1.29 is 9.84 Å². The number of aliphatic imine (C=N–C) groups is 2. The second-order valence-corrected chi connectivity index (χ2v) is 6.38. The molecule has 3 aromatic rings. The molecule has 5 heteroatoms. The zero-order valence-electron chi connectivity index (χ0n) is 15.5. The molecule has 1 aliphatic rings. The van der Waals surface area contributed by atoms with Crippen LogP contribution in [-0.4, -0.2) is 23.4 Å². The van der Waals surface area contributed by atoms with Gasteiger partial charge in [-0.1, -0.05) is 60.7 Å². The second kappa shape index (κ2) is 7.66. The van der Waals surface area contributed by atoms with Crippen LogP contribution in [0.5, 0.6) is 5.75 Å². The minimum atomic E-state index is -1.58. The van der Waals surface area contributed by atoms with Gasteiger partial charge in [0.1, 0.15) is 5.75 Å². The molecule has 28 heavy (non-hydrogen) atoms. The van der Waals surface area contributed by atoms with Gasteiger partial charge in [0.05, 0.1) is 6.61 Å². The molecule has 1 heterocycles. The molecule has 1 unspecified atom stereocenters. The van der Waals surface area contributed by atoms with Crippen LogP contribution in [0.25, 0.3) is 0 Å². The lowest BCUT2D eigenvalue weighted by Gasteiger charge is -2.23. The van der Waals surface area contributed by atoms with E-state index in [1.807, 2.05) is 91.9 Å². The van der Waals surface area contributed by atoms with E-state index in [0.29, 0.717) is 23.8 Å². The van der Waals surface area contributed by atoms with Gasteiger partial charge < -0.3 is 15.2 Å². The number of rotatable bonds is 5. The Morgan fingerprint density at radius 3 is 2.18 bits per heavy atom. The Kier molecular flexibility index (Phi) is 4.91. The molecule has 0 bridgehead atoms. The highest BCUT2D eigenvalue weighted by Crippen LogP contribution is 2.31. The first-order chi connectivity index (χ1) is 13.7. The average Bonchev–Trinajstić information content (AvgIpc) is 3.08. The number of hydrogen-bond donors (Lipinski definition) is 2. The van der Waals surface area contributed by atoms with Gasteiger partial charge in [-0.15, -0.1) is 0 Å². The van der Waals surface area contributed by atoms with Crippen LogP contribution in [0.2, 0.25) is 0 Å². The fourth-order valence-corrected chi connectivity index (χ4v) is 3.06. The Morgan fingerprint density at radius 2 is 1.54 bits per heavy atom. The zero-order valence-corrected chi connectivity index (χ0v) is 15.5. The van der Waals surface area contributed by atoms with E-state index >= 15 is 0 Å². The maximum atomic E-state index is 11.4. The molecular weight excluding hydrogens is 350 g/mol. The minimum Gasteiger partial charge on any atom is -0.494 e. The third-order valence-corrected chi connectivity index (χ3v) is 4.45. The number of anilines is 1. The van der Waals surface area contributed by atoms with Gasteiger partial charge in [-0.2, -0.15) is 0 Å². The van der Waals surface area contributed by atoms with Crippen LogP contribution < -0.4 is 10.1 Å². The van der Waals surface area contributed by atoms with Crippen molar-refractivity contribution in [2.75, 3.05) is 11.9 Å². The molecule has 2 N–H and O–H groups in total. The van der Waals surface area contributed by atoms with Crippen molar-refractivity contribution >= 4 is 17.4 Å². The van der Waals surface area contributed by atoms with Crippen LogP contribution in [0.1, 0.15) is 18.1 Å². The standard InChI is InChI=1S/C23H21N3O2/c1-2-28-20-15-13-19(14-16-20)24-22-23(27,18-11-7-4-8-12-18)26-21(25-22)17-9-5-3-6-10-17/h3-16,27H,2H2,1H3,(H,24,25,26). The van der Waals surface area contributed by atoms with E-state index in [2.05, 4.69) is 15.3 Å². The number of nitrogens with one attached hydrogen (secondary N) is 1. The SMILES string of the molecule is CCOc1ccc(NC2=NC(c3ccccc3)=NC2(O)c2ccccc2)cc1. The molecule has 0 saturated carbocycles. The zero-order chi connectivity index (χ0) is 19.4. The van der Waals surface area contributed by atoms with E-state index in [1.54, 1.807) is 0 Å². The number of nitrogens with zero attached hydrogens (tertiary/aromatic N) is 2. The molecule has 5 nitrogen and oxygen atoms in total. The summed E-state index contributed by atoms with van der Waals surface area (Å²) in [5.41, 5.74) is 0.713. The normalized spacial score (nSPS) is 18.4. The van der Waals surface area contributed by atoms with Crippen molar-refractivity contribution in [1.29, 1.82) is 0 Å². The van der Waals surface area contributed by atoms with Crippen molar-refractivity contribution in [3.8, 4) is 5.75 Å². The minimum absolute atomic E-state index is 0.363. The number of amidine groups is 2. The first-order valence-corrected chi connectivity index (χ1v) is 9.21. The molecule has 140 valence electrons. The lowest BCUT2D eigenvalue weighted by molar-refractivity contribution is 0.125. The van der Waals surface area contributed by atoms with Crippen LogP contribution in [-0.2, 0) is 5.72 Å². The van der Waals surface area contributed by atoms with E-state index in [1.165, 1.54) is 0 Å². The average molecular weight is 371 g/mol. The predicted octanol–water partition coefficient (Wildman–Crippen LogP) is 4.20. The Hall–Kier alpha value is -3.44. The molecule has 1 atom stereocenters. The molecule has 0 radical (unpaired) electrons. The van der Waals surface area contributed by atoms with Crippen molar-refractivity contribution in [2.45, 2.75) is 12.6 Å². The highest BCUT2D eigenvalue weighted by Gasteiger charge is 2.40. The lowest BCUT2D eigenvalue weighted by Crippen LogP contribution is -2.36. The van der Waals surface area contributed by atoms with E-state index in [4.69, 9.17) is 4.74 Å². The van der Waals surface area contributed by atoms with E-state index < -0.39 is 5.72 Å². The summed E-state index contributed by atoms with van der Waals surface area (Å²) in [5, 5.41) is 14.7. The van der Waals surface area contributed by atoms with Gasteiger partial charge in [-0.05, 0) is 31.2 Å². The lowest BCUT2D eigenvalue weighted by atomic mass is 10.0. The van der Waals surface area contributed by atoms with Crippen LogP contribution in [0.4, 0.5) is 5.69 Å². The van der Waals surface area contributed by atoms with Crippen molar-refractivity contribution in [3.05, 3.63) is 96.1 Å². The Morgan fingerprint density at radius 1 is 0.893 bits per heavy atom. The number of aliphatic hydroxyl groups is 1. The molecule has 0 saturated heterocycles. The van der Waals surface area contributed by atoms with Gasteiger partial charge in [-0.3, -0.25) is 0 Å². The molecule has 0 spiro atoms. The number of hydrogen-bond acceptors (Lipinski definition) is 5. The molecule has 0 aliphatic carbocycles. The summed E-state index contributed by atoms with van der Waals surface area (Å²) in [6, 6.07) is 26.5. The molecule has 0 aromatic heterocycles. The molecule has 4 rings (SSSR count). The quantitative estimate of drug-likeness (QED) is 0.706. The van der Waals surface area contributed by atoms with Gasteiger partial charge in [0, 0.05) is 16.8 Å². The third-order valence-electron chi connectivity index (χ3n) is 4.45. The van der Waals surface area contributed by atoms with Crippen LogP contribution >= 0.6 is 0 Å². The van der Waals surface area contributed by atoms with E-state index in [9.17, 15) is 5.11 Å². The van der Waals surface area contributed by atoms with Gasteiger partial charge in [-0.25, -0.2) is 9.98 Å². The topological polar surface area (TPSA) is 66.2 Å². The molecule has 0 amide bonds. The van der Waals surface area contributed by atoms with E-state index in [0.717, 1.165) is 17.0 Å². The highest BCUT2D eigenvalue weighted by molar-refractivity contribution is 6.17. The Bertz CT molecular complexity index is 999. The number of ether oxygens (including phenoxy) is 1. The fraction of sp³-hybridized carbons (Fsp3) is 0.130. The summed E-state index contributed by atoms with van der Waals surface area (Å²) in [5.74, 6) is 1.64. The Balaban J connectivity index is 1.70. The summed E-state index contributed by atoms with van der Waals surface area (Å²) in [6.45, 7) is 2.56. The van der Waals surface area contributed by atoms with Crippen molar-refractivity contribution in [1.82, 2.24) is 0 Å². The summed E-state index contributed by atoms with van der Waals surface area (Å²) in [7, 11) is 0. The molecule has 3 aromatic carbocycles. The predicted molar refractivity (Wildman–Crippen MR) is 112 cm³/mol. The number of benzene rings is 3. The second-order valence-electron chi connectivity index (χ2n) is 6.38. The first kappa shape index (κ1) is 17.9. The van der Waals surface area contributed by atoms with E-state index in [-0.39, 0.29) is 0 Å². The molecule has 0 fully saturated rings. The van der Waals surface area contributed by atoms with Gasteiger partial charge in [0.15, 0.2) is 11.7 Å². The maximum Gasteiger partial charge on any atom is 0.244 e. The first-order valence-electron chi connectivity index (χ1n) is 9.21. The van der Waals surface area contributed by atoms with Gasteiger partial charge in [0.25, 0.3) is 0 Å². The summed E-state index contributed by atoms with van der Waals surface area (Å²) >= 11 is 0. The highest BCUT2D eigenvalue weighted by atomic mass is 16.5. The van der Waals surface area contributed by atoms with Gasteiger partial charge in [0.2, 0.25) is 5.72 Å². The summed E-state index contributed by atoms with van der Waals surface area (Å²) in [4.78, 5) is 9.18. The maximum absolute atomic E-state index is 11.4. The van der Waals surface area contributed by atoms with Crippen LogP contribution in [0.15, 0.2) is 94.9 Å². The monoisotopic (exact) mass is 371 g/mol. The smallest absolute Gasteiger partial charge is 0.244 e. The van der Waals surface area contributed by atoms with Crippen molar-refractivity contribution in [2.24, 2.45) is 9.98 Å². The van der Waals surface area contributed by atoms with Crippen LogP contribution in [0, 0.1) is 0 Å². The summed E-state index contributed by atoms with van der Waals surface area (Å²) in [6.07, 6.45) is 0. The van der Waals surface area contributed by atoms with Crippen molar-refractivity contribution in [3.63, 3.8) is 0 Å². The largest absolute Gasteiger partial charge is 0.494 e. The molecule has 1 aliphatic heterocycles. The van der Waals surface area contributed by atoms with Gasteiger partial charge >= 0.3 is 0 Å². The summed E-state index contributed by atoms with van der Waals surface area (Å²) < 4.78 is 5.49. The Labute approximate surface area is 164 Å². The third kappa shape index (κ3) is 3.52. The molecular formula is C23H21N3O2. The van der Waals surface area contributed by atoms with Crippen LogP contribution in [0.3, 0.4) is 0 Å².